The maximum absolute atomic E-state index is 11.8. The third-order valence-electron chi connectivity index (χ3n) is 3.18. The van der Waals surface area contributed by atoms with Crippen LogP contribution in [0, 0.1) is 5.41 Å². The zero-order valence-corrected chi connectivity index (χ0v) is 10.1. The number of aliphatic carboxylic acids is 1. The number of amides is 1. The first kappa shape index (κ1) is 13.0. The van der Waals surface area contributed by atoms with E-state index in [1.54, 1.807) is 6.92 Å². The molecule has 1 amide bonds. The van der Waals surface area contributed by atoms with Crippen molar-refractivity contribution in [3.05, 3.63) is 0 Å². The summed E-state index contributed by atoms with van der Waals surface area (Å²) in [6.07, 6.45) is 1.64. The van der Waals surface area contributed by atoms with Gasteiger partial charge in [-0.1, -0.05) is 13.8 Å². The van der Waals surface area contributed by atoms with Crippen LogP contribution in [0.1, 0.15) is 33.6 Å². The van der Waals surface area contributed by atoms with Crippen molar-refractivity contribution in [2.75, 3.05) is 6.54 Å². The third kappa shape index (κ3) is 2.35. The predicted octanol–water partition coefficient (Wildman–Crippen LogP) is 0.435. The largest absolute Gasteiger partial charge is 0.480 e. The first-order valence-corrected chi connectivity index (χ1v) is 5.56. The number of likely N-dealkylation sites (tertiary alicyclic amines) is 1. The number of nitrogens with two attached hydrogens (primary N) is 1. The lowest BCUT2D eigenvalue weighted by atomic mass is 9.76. The van der Waals surface area contributed by atoms with Crippen LogP contribution in [0.25, 0.3) is 0 Å². The molecule has 16 heavy (non-hydrogen) atoms. The highest BCUT2D eigenvalue weighted by Gasteiger charge is 2.44. The lowest BCUT2D eigenvalue weighted by Crippen LogP contribution is -2.59. The number of carboxylic acid groups (broad SMARTS) is 1. The lowest BCUT2D eigenvalue weighted by molar-refractivity contribution is -0.159. The molecule has 0 aliphatic carbocycles. The first-order valence-electron chi connectivity index (χ1n) is 5.56. The molecule has 0 bridgehead atoms. The number of carbonyl (C=O) groups excluding carboxylic acids is 1. The van der Waals surface area contributed by atoms with Gasteiger partial charge in [0.15, 0.2) is 0 Å². The summed E-state index contributed by atoms with van der Waals surface area (Å²) < 4.78 is 0. The third-order valence-corrected chi connectivity index (χ3v) is 3.18. The summed E-state index contributed by atoms with van der Waals surface area (Å²) in [5.74, 6) is -1.22. The van der Waals surface area contributed by atoms with Gasteiger partial charge in [-0.3, -0.25) is 4.79 Å². The minimum Gasteiger partial charge on any atom is -0.480 e. The second-order valence-corrected chi connectivity index (χ2v) is 5.15. The maximum Gasteiger partial charge on any atom is 0.326 e. The molecular weight excluding hydrogens is 208 g/mol. The van der Waals surface area contributed by atoms with Crippen LogP contribution in [-0.4, -0.2) is 40.5 Å². The van der Waals surface area contributed by atoms with E-state index in [0.717, 1.165) is 12.8 Å². The summed E-state index contributed by atoms with van der Waals surface area (Å²) in [6.45, 7) is 5.84. The van der Waals surface area contributed by atoms with Crippen LogP contribution in [0.4, 0.5) is 0 Å². The highest BCUT2D eigenvalue weighted by molar-refractivity contribution is 5.87. The normalized spacial score (nSPS) is 26.2. The van der Waals surface area contributed by atoms with Crippen LogP contribution < -0.4 is 5.73 Å². The number of nitrogens with zero attached hydrogens (tertiary/aromatic N) is 1. The van der Waals surface area contributed by atoms with Gasteiger partial charge in [-0.05, 0) is 25.2 Å². The van der Waals surface area contributed by atoms with Crippen molar-refractivity contribution >= 4 is 11.9 Å². The second kappa shape index (κ2) is 4.41. The smallest absolute Gasteiger partial charge is 0.326 e. The molecule has 0 saturated carbocycles. The van der Waals surface area contributed by atoms with Gasteiger partial charge in [-0.25, -0.2) is 4.79 Å². The molecule has 0 spiro atoms. The zero-order chi connectivity index (χ0) is 12.5. The van der Waals surface area contributed by atoms with Gasteiger partial charge < -0.3 is 15.7 Å². The topological polar surface area (TPSA) is 83.6 Å². The molecule has 1 aliphatic rings. The van der Waals surface area contributed by atoms with Gasteiger partial charge in [-0.15, -0.1) is 0 Å². The Morgan fingerprint density at radius 3 is 2.50 bits per heavy atom. The van der Waals surface area contributed by atoms with Crippen molar-refractivity contribution in [3.8, 4) is 0 Å². The Morgan fingerprint density at radius 1 is 1.50 bits per heavy atom. The summed E-state index contributed by atoms with van der Waals surface area (Å²) in [5, 5.41) is 9.24. The van der Waals surface area contributed by atoms with E-state index in [4.69, 9.17) is 5.73 Å². The number of piperidine rings is 1. The van der Waals surface area contributed by atoms with Crippen LogP contribution in [0.5, 0.6) is 0 Å². The Kier molecular flexibility index (Phi) is 3.57. The first-order chi connectivity index (χ1) is 7.27. The van der Waals surface area contributed by atoms with Crippen molar-refractivity contribution < 1.29 is 14.7 Å². The van der Waals surface area contributed by atoms with E-state index < -0.39 is 23.5 Å². The van der Waals surface area contributed by atoms with Gasteiger partial charge in [0.25, 0.3) is 0 Å². The average molecular weight is 228 g/mol. The van der Waals surface area contributed by atoms with Crippen molar-refractivity contribution in [1.29, 1.82) is 0 Å². The molecule has 92 valence electrons. The molecule has 0 aromatic heterocycles. The van der Waals surface area contributed by atoms with Gasteiger partial charge in [0.1, 0.15) is 6.04 Å². The van der Waals surface area contributed by atoms with Crippen molar-refractivity contribution in [1.82, 2.24) is 4.90 Å². The van der Waals surface area contributed by atoms with Crippen molar-refractivity contribution in [2.24, 2.45) is 11.1 Å². The monoisotopic (exact) mass is 228 g/mol. The molecule has 1 heterocycles. The van der Waals surface area contributed by atoms with Gasteiger partial charge in [-0.2, -0.15) is 0 Å². The Morgan fingerprint density at radius 2 is 2.06 bits per heavy atom. The van der Waals surface area contributed by atoms with E-state index >= 15 is 0 Å². The Hall–Kier alpha value is -1.10. The fourth-order valence-electron chi connectivity index (χ4n) is 2.36. The molecule has 2 atom stereocenters. The van der Waals surface area contributed by atoms with Crippen LogP contribution >= 0.6 is 0 Å². The summed E-state index contributed by atoms with van der Waals surface area (Å²) >= 11 is 0. The maximum atomic E-state index is 11.8. The number of hydrogen-bond donors (Lipinski definition) is 2. The molecule has 1 rings (SSSR count). The quantitative estimate of drug-likeness (QED) is 0.718. The molecule has 1 saturated heterocycles. The summed E-state index contributed by atoms with van der Waals surface area (Å²) in [7, 11) is 0. The van der Waals surface area contributed by atoms with Gasteiger partial charge in [0.2, 0.25) is 5.91 Å². The van der Waals surface area contributed by atoms with Crippen molar-refractivity contribution in [3.63, 3.8) is 0 Å². The van der Waals surface area contributed by atoms with Gasteiger partial charge in [0, 0.05) is 6.54 Å². The molecule has 0 aromatic carbocycles. The lowest BCUT2D eigenvalue weighted by Gasteiger charge is -2.44. The molecule has 0 aromatic rings. The predicted molar refractivity (Wildman–Crippen MR) is 59.8 cm³/mol. The van der Waals surface area contributed by atoms with Crippen LogP contribution in [-0.2, 0) is 9.59 Å². The highest BCUT2D eigenvalue weighted by Crippen LogP contribution is 2.35. The van der Waals surface area contributed by atoms with E-state index in [0.29, 0.717) is 6.54 Å². The Labute approximate surface area is 95.6 Å². The van der Waals surface area contributed by atoms with E-state index in [-0.39, 0.29) is 5.91 Å². The van der Waals surface area contributed by atoms with E-state index in [9.17, 15) is 14.7 Å². The SMILES string of the molecule is C[C@@H](N)C(=O)N1CCCC(C)(C)C1C(=O)O. The van der Waals surface area contributed by atoms with Gasteiger partial charge >= 0.3 is 5.97 Å². The summed E-state index contributed by atoms with van der Waals surface area (Å²) in [5.41, 5.74) is 5.14. The summed E-state index contributed by atoms with van der Waals surface area (Å²) in [4.78, 5) is 24.5. The number of carbonyl (C=O) groups is 2. The highest BCUT2D eigenvalue weighted by atomic mass is 16.4. The zero-order valence-electron chi connectivity index (χ0n) is 10.1. The molecule has 1 aliphatic heterocycles. The molecule has 0 radical (unpaired) electrons. The average Bonchev–Trinajstić information content (AvgIpc) is 2.13. The molecule has 1 fully saturated rings. The van der Waals surface area contributed by atoms with E-state index in [1.165, 1.54) is 4.90 Å². The van der Waals surface area contributed by atoms with E-state index in [1.807, 2.05) is 13.8 Å². The number of rotatable bonds is 2. The van der Waals surface area contributed by atoms with Crippen molar-refractivity contribution in [2.45, 2.75) is 45.7 Å². The van der Waals surface area contributed by atoms with Gasteiger partial charge in [0.05, 0.1) is 6.04 Å². The summed E-state index contributed by atoms with van der Waals surface area (Å²) in [6, 6.07) is -1.41. The molecular formula is C11H20N2O3. The van der Waals surface area contributed by atoms with E-state index in [2.05, 4.69) is 0 Å². The van der Waals surface area contributed by atoms with Crippen LogP contribution in [0.2, 0.25) is 0 Å². The Bertz CT molecular complexity index is 300. The van der Waals surface area contributed by atoms with Crippen LogP contribution in [0.3, 0.4) is 0 Å². The fourth-order valence-corrected chi connectivity index (χ4v) is 2.36. The standard InChI is InChI=1S/C11H20N2O3/c1-7(12)9(14)13-6-4-5-11(2,3)8(13)10(15)16/h7-8H,4-6,12H2,1-3H3,(H,15,16)/t7-,8?/m1/s1. The molecule has 3 N–H and O–H groups in total. The minimum absolute atomic E-state index is 0.278. The molecule has 5 heteroatoms. The molecule has 1 unspecified atom stereocenters. The number of hydrogen-bond acceptors (Lipinski definition) is 3. The van der Waals surface area contributed by atoms with Crippen LogP contribution in [0.15, 0.2) is 0 Å². The fraction of sp³-hybridized carbons (Fsp3) is 0.818. The molecule has 5 nitrogen and oxygen atoms in total. The second-order valence-electron chi connectivity index (χ2n) is 5.15. The Balaban J connectivity index is 2.98. The minimum atomic E-state index is -0.946. The number of carboxylic acids is 1.